The van der Waals surface area contributed by atoms with Crippen LogP contribution in [-0.2, 0) is 4.74 Å². The third-order valence-corrected chi connectivity index (χ3v) is 2.79. The fraction of sp³-hybridized carbons (Fsp3) is 0.182. The van der Waals surface area contributed by atoms with Crippen LogP contribution < -0.4 is 0 Å². The molecular weight excluding hydrogens is 315 g/mol. The molecule has 0 aromatic carbocycles. The van der Waals surface area contributed by atoms with Crippen molar-refractivity contribution in [2.75, 3.05) is 13.7 Å². The zero-order valence-electron chi connectivity index (χ0n) is 9.47. The second-order valence-electron chi connectivity index (χ2n) is 3.31. The standard InChI is InChI=1S/C11H5Cl3FN3O/c1-19-4-2-3-5-6-8(7(15)10(13)16-5)17-11(14)18-9(6)12/h4H2,1H3. The van der Waals surface area contributed by atoms with Crippen LogP contribution in [0.15, 0.2) is 0 Å². The van der Waals surface area contributed by atoms with Gasteiger partial charge in [0.15, 0.2) is 11.0 Å². The highest BCUT2D eigenvalue weighted by atomic mass is 35.5. The number of aromatic nitrogens is 3. The first-order valence-corrected chi connectivity index (χ1v) is 6.03. The number of nitrogens with zero attached hydrogens (tertiary/aromatic N) is 3. The third kappa shape index (κ3) is 2.88. The van der Waals surface area contributed by atoms with Crippen LogP contribution in [0.25, 0.3) is 10.9 Å². The molecule has 0 aliphatic heterocycles. The smallest absolute Gasteiger partial charge is 0.224 e. The van der Waals surface area contributed by atoms with Crippen LogP contribution in [0.1, 0.15) is 5.69 Å². The largest absolute Gasteiger partial charge is 0.372 e. The Morgan fingerprint density at radius 1 is 1.16 bits per heavy atom. The minimum absolute atomic E-state index is 0.0419. The molecule has 0 aliphatic carbocycles. The number of pyridine rings is 1. The van der Waals surface area contributed by atoms with E-state index in [2.05, 4.69) is 26.8 Å². The Kier molecular flexibility index (Phi) is 4.38. The molecule has 0 atom stereocenters. The van der Waals surface area contributed by atoms with E-state index in [9.17, 15) is 4.39 Å². The van der Waals surface area contributed by atoms with Gasteiger partial charge in [0.05, 0.1) is 5.39 Å². The van der Waals surface area contributed by atoms with Gasteiger partial charge >= 0.3 is 0 Å². The Hall–Kier alpha value is -1.19. The maximum absolute atomic E-state index is 13.9. The molecule has 8 heteroatoms. The fourth-order valence-electron chi connectivity index (χ4n) is 1.36. The first-order chi connectivity index (χ1) is 9.04. The van der Waals surface area contributed by atoms with Crippen molar-refractivity contribution in [3.05, 3.63) is 27.1 Å². The molecule has 2 heterocycles. The molecule has 98 valence electrons. The van der Waals surface area contributed by atoms with Crippen LogP contribution in [0.4, 0.5) is 4.39 Å². The van der Waals surface area contributed by atoms with E-state index in [1.54, 1.807) is 0 Å². The van der Waals surface area contributed by atoms with Crippen molar-refractivity contribution in [1.29, 1.82) is 0 Å². The summed E-state index contributed by atoms with van der Waals surface area (Å²) in [5.74, 6) is 4.52. The number of rotatable bonds is 1. The van der Waals surface area contributed by atoms with Crippen molar-refractivity contribution in [2.45, 2.75) is 0 Å². The predicted molar refractivity (Wildman–Crippen MR) is 71.1 cm³/mol. The van der Waals surface area contributed by atoms with E-state index >= 15 is 0 Å². The maximum Gasteiger partial charge on any atom is 0.224 e. The van der Waals surface area contributed by atoms with E-state index in [1.165, 1.54) is 7.11 Å². The summed E-state index contributed by atoms with van der Waals surface area (Å²) >= 11 is 17.2. The molecule has 0 aliphatic rings. The number of methoxy groups -OCH3 is 1. The van der Waals surface area contributed by atoms with E-state index in [0.29, 0.717) is 0 Å². The molecule has 0 bridgehead atoms. The summed E-state index contributed by atoms with van der Waals surface area (Å²) in [6, 6.07) is 0. The number of fused-ring (bicyclic) bond motifs is 1. The fourth-order valence-corrected chi connectivity index (χ4v) is 2.01. The lowest BCUT2D eigenvalue weighted by atomic mass is 10.2. The van der Waals surface area contributed by atoms with Gasteiger partial charge < -0.3 is 4.74 Å². The maximum atomic E-state index is 13.9. The molecule has 19 heavy (non-hydrogen) atoms. The van der Waals surface area contributed by atoms with Crippen molar-refractivity contribution in [3.8, 4) is 11.8 Å². The predicted octanol–water partition coefficient (Wildman–Crippen LogP) is 3.12. The van der Waals surface area contributed by atoms with E-state index < -0.39 is 5.82 Å². The van der Waals surface area contributed by atoms with Gasteiger partial charge in [0, 0.05) is 7.11 Å². The molecular formula is C11H5Cl3FN3O. The average molecular weight is 321 g/mol. The van der Waals surface area contributed by atoms with Gasteiger partial charge in [-0.3, -0.25) is 0 Å². The van der Waals surface area contributed by atoms with Crippen molar-refractivity contribution in [3.63, 3.8) is 0 Å². The van der Waals surface area contributed by atoms with Crippen LogP contribution in [0.5, 0.6) is 0 Å². The molecule has 0 amide bonds. The van der Waals surface area contributed by atoms with Crippen LogP contribution in [-0.4, -0.2) is 28.7 Å². The summed E-state index contributed by atoms with van der Waals surface area (Å²) in [7, 11) is 1.49. The molecule has 2 rings (SSSR count). The van der Waals surface area contributed by atoms with Gasteiger partial charge in [0.25, 0.3) is 0 Å². The summed E-state index contributed by atoms with van der Waals surface area (Å²) in [4.78, 5) is 11.3. The minimum Gasteiger partial charge on any atom is -0.372 e. The van der Waals surface area contributed by atoms with Gasteiger partial charge in [-0.15, -0.1) is 0 Å². The molecule has 2 aromatic heterocycles. The summed E-state index contributed by atoms with van der Waals surface area (Å²) in [5.41, 5.74) is 0.0480. The molecule has 4 nitrogen and oxygen atoms in total. The Balaban J connectivity index is 2.79. The second-order valence-corrected chi connectivity index (χ2v) is 4.36. The molecule has 2 aromatic rings. The van der Waals surface area contributed by atoms with E-state index in [-0.39, 0.29) is 38.8 Å². The Labute approximate surface area is 122 Å². The van der Waals surface area contributed by atoms with Gasteiger partial charge in [0.1, 0.15) is 23.0 Å². The van der Waals surface area contributed by atoms with Gasteiger partial charge in [-0.05, 0) is 17.5 Å². The van der Waals surface area contributed by atoms with Gasteiger partial charge in [-0.1, -0.05) is 29.1 Å². The highest BCUT2D eigenvalue weighted by Gasteiger charge is 2.17. The summed E-state index contributed by atoms with van der Waals surface area (Å²) in [6.45, 7) is 0.185. The molecule has 0 saturated heterocycles. The molecule has 0 N–H and O–H groups in total. The molecule has 0 saturated carbocycles. The Bertz CT molecular complexity index is 712. The van der Waals surface area contributed by atoms with Crippen LogP contribution in [0.2, 0.25) is 15.6 Å². The van der Waals surface area contributed by atoms with Crippen LogP contribution >= 0.6 is 34.8 Å². The Morgan fingerprint density at radius 2 is 1.89 bits per heavy atom. The molecule has 0 spiro atoms. The van der Waals surface area contributed by atoms with Crippen LogP contribution in [0.3, 0.4) is 0 Å². The lowest BCUT2D eigenvalue weighted by Crippen LogP contribution is -1.98. The quantitative estimate of drug-likeness (QED) is 0.350. The molecule has 0 unspecified atom stereocenters. The lowest BCUT2D eigenvalue weighted by molar-refractivity contribution is 0.240. The van der Waals surface area contributed by atoms with E-state index in [1.807, 2.05) is 0 Å². The monoisotopic (exact) mass is 319 g/mol. The van der Waals surface area contributed by atoms with Crippen molar-refractivity contribution < 1.29 is 9.13 Å². The summed E-state index contributed by atoms with van der Waals surface area (Å²) < 4.78 is 18.6. The lowest BCUT2D eigenvalue weighted by Gasteiger charge is -2.04. The molecule has 0 fully saturated rings. The van der Waals surface area contributed by atoms with E-state index in [0.717, 1.165) is 0 Å². The number of halogens is 4. The normalized spacial score (nSPS) is 10.4. The molecule has 0 radical (unpaired) electrons. The highest BCUT2D eigenvalue weighted by Crippen LogP contribution is 2.29. The van der Waals surface area contributed by atoms with E-state index in [4.69, 9.17) is 39.5 Å². The van der Waals surface area contributed by atoms with Gasteiger partial charge in [0.2, 0.25) is 5.28 Å². The summed E-state index contributed by atoms with van der Waals surface area (Å²) in [6.07, 6.45) is 0. The highest BCUT2D eigenvalue weighted by molar-refractivity contribution is 6.36. The zero-order valence-corrected chi connectivity index (χ0v) is 11.7. The average Bonchev–Trinajstić information content (AvgIpc) is 2.35. The van der Waals surface area contributed by atoms with Crippen molar-refractivity contribution in [1.82, 2.24) is 15.0 Å². The zero-order chi connectivity index (χ0) is 14.0. The van der Waals surface area contributed by atoms with Crippen molar-refractivity contribution >= 4 is 45.7 Å². The Morgan fingerprint density at radius 3 is 2.58 bits per heavy atom. The van der Waals surface area contributed by atoms with Crippen LogP contribution in [0, 0.1) is 17.7 Å². The SMILES string of the molecule is COCC#Cc1nc(Cl)c(F)c2nc(Cl)nc(Cl)c12. The summed E-state index contributed by atoms with van der Waals surface area (Å²) in [5, 5.41) is -0.425. The first kappa shape index (κ1) is 14.2. The minimum atomic E-state index is -0.819. The van der Waals surface area contributed by atoms with Crippen molar-refractivity contribution in [2.24, 2.45) is 0 Å². The van der Waals surface area contributed by atoms with Gasteiger partial charge in [-0.25, -0.2) is 19.3 Å². The number of hydrogen-bond acceptors (Lipinski definition) is 4. The first-order valence-electron chi connectivity index (χ1n) is 4.90. The number of ether oxygens (including phenoxy) is 1. The second kappa shape index (κ2) is 5.85. The topological polar surface area (TPSA) is 47.9 Å². The van der Waals surface area contributed by atoms with Gasteiger partial charge in [-0.2, -0.15) is 0 Å². The third-order valence-electron chi connectivity index (χ3n) is 2.10. The number of hydrogen-bond donors (Lipinski definition) is 0.